The molecule has 0 fully saturated rings. The van der Waals surface area contributed by atoms with E-state index in [0.29, 0.717) is 17.4 Å². The molecule has 0 aromatic rings. The highest BCUT2D eigenvalue weighted by Crippen LogP contribution is 2.38. The van der Waals surface area contributed by atoms with Crippen molar-refractivity contribution >= 4 is 13.8 Å². The lowest BCUT2D eigenvalue weighted by molar-refractivity contribution is -0.870. The van der Waals surface area contributed by atoms with Crippen molar-refractivity contribution in [2.24, 2.45) is 0 Å². The smallest absolute Gasteiger partial charge is 0.305 e. The number of esters is 1. The van der Waals surface area contributed by atoms with E-state index in [2.05, 4.69) is 26.0 Å². The Balaban J connectivity index is 4.31. The number of rotatable bonds is 39. The van der Waals surface area contributed by atoms with Crippen molar-refractivity contribution < 1.29 is 37.3 Å². The van der Waals surface area contributed by atoms with E-state index in [-0.39, 0.29) is 25.8 Å². The topological polar surface area (TPSA) is 94.1 Å². The monoisotopic (exact) mass is 744 g/mol. The van der Waals surface area contributed by atoms with E-state index in [9.17, 15) is 14.3 Å². The molecule has 0 aromatic carbocycles. The van der Waals surface area contributed by atoms with Crippen LogP contribution in [-0.4, -0.2) is 64.1 Å². The highest BCUT2D eigenvalue weighted by Gasteiger charge is 2.19. The van der Waals surface area contributed by atoms with Gasteiger partial charge in [0.1, 0.15) is 19.8 Å². The fraction of sp³-hybridized carbons (Fsp3) is 0.881. The minimum Gasteiger partial charge on any atom is -0.756 e. The van der Waals surface area contributed by atoms with Crippen molar-refractivity contribution in [3.8, 4) is 0 Å². The van der Waals surface area contributed by atoms with Crippen molar-refractivity contribution in [2.75, 3.05) is 47.5 Å². The van der Waals surface area contributed by atoms with Gasteiger partial charge in [-0.1, -0.05) is 148 Å². The average Bonchev–Trinajstić information content (AvgIpc) is 3.08. The van der Waals surface area contributed by atoms with Gasteiger partial charge in [0.05, 0.1) is 34.0 Å². The SMILES string of the molecule is CCCCCC/C=C\CCCCCCCC(=O)OCC(COP(=O)([O-])OCC[N+](C)(C)C)O/C=C\CCCCCCCCCCCCCCCC. The van der Waals surface area contributed by atoms with Crippen LogP contribution in [0.25, 0.3) is 0 Å². The summed E-state index contributed by atoms with van der Waals surface area (Å²) in [7, 11) is 1.36. The molecule has 0 radical (unpaired) electrons. The number of allylic oxidation sites excluding steroid dienone is 3. The molecule has 302 valence electrons. The predicted octanol–water partition coefficient (Wildman–Crippen LogP) is 11.8. The second-order valence-corrected chi connectivity index (χ2v) is 16.8. The van der Waals surface area contributed by atoms with Crippen LogP contribution in [0.15, 0.2) is 24.5 Å². The zero-order valence-electron chi connectivity index (χ0n) is 34.1. The fourth-order valence-corrected chi connectivity index (χ4v) is 6.43. The van der Waals surface area contributed by atoms with E-state index < -0.39 is 13.9 Å². The van der Waals surface area contributed by atoms with Crippen LogP contribution >= 0.6 is 7.82 Å². The molecule has 0 aromatic heterocycles. The lowest BCUT2D eigenvalue weighted by atomic mass is 10.0. The molecule has 0 bridgehead atoms. The summed E-state index contributed by atoms with van der Waals surface area (Å²) in [6.07, 6.45) is 40.0. The van der Waals surface area contributed by atoms with Gasteiger partial charge in [0.2, 0.25) is 0 Å². The second kappa shape index (κ2) is 35.8. The molecule has 0 saturated heterocycles. The van der Waals surface area contributed by atoms with Gasteiger partial charge >= 0.3 is 5.97 Å². The number of ether oxygens (including phenoxy) is 2. The van der Waals surface area contributed by atoms with Crippen molar-refractivity contribution in [3.63, 3.8) is 0 Å². The normalized spacial score (nSPS) is 14.0. The number of carbonyl (C=O) groups excluding carboxylic acids is 1. The van der Waals surface area contributed by atoms with E-state index in [1.165, 1.54) is 128 Å². The van der Waals surface area contributed by atoms with Crippen LogP contribution in [0.1, 0.15) is 187 Å². The Bertz CT molecular complexity index is 874. The Morgan fingerprint density at radius 1 is 0.608 bits per heavy atom. The summed E-state index contributed by atoms with van der Waals surface area (Å²) in [6.45, 7) is 4.70. The number of unbranched alkanes of at least 4 members (excludes halogenated alkanes) is 23. The van der Waals surface area contributed by atoms with E-state index >= 15 is 0 Å². The number of phosphoric acid groups is 1. The molecule has 2 atom stereocenters. The first-order chi connectivity index (χ1) is 24.6. The largest absolute Gasteiger partial charge is 0.756 e. The van der Waals surface area contributed by atoms with Crippen molar-refractivity contribution in [3.05, 3.63) is 24.5 Å². The van der Waals surface area contributed by atoms with Crippen molar-refractivity contribution in [1.82, 2.24) is 0 Å². The number of likely N-dealkylation sites (N-methyl/N-ethyl adjacent to an activating group) is 1. The standard InChI is InChI=1S/C42H82NO7P/c1-6-8-10-12-14-16-18-20-21-22-24-26-28-30-32-34-37-47-41(40-50-51(45,46)49-38-36-43(3,4)5)39-48-42(44)35-33-31-29-27-25-23-19-17-15-13-11-9-7-2/h17,19,34,37,41H,6-16,18,20-33,35-36,38-40H2,1-5H3/b19-17-,37-34-. The minimum atomic E-state index is -4.51. The zero-order chi connectivity index (χ0) is 37.7. The summed E-state index contributed by atoms with van der Waals surface area (Å²) in [5.74, 6) is -0.300. The quantitative estimate of drug-likeness (QED) is 0.0154. The second-order valence-electron chi connectivity index (χ2n) is 15.4. The Morgan fingerprint density at radius 2 is 1.04 bits per heavy atom. The maximum atomic E-state index is 12.4. The molecule has 0 rings (SSSR count). The molecule has 0 aliphatic rings. The molecule has 0 aliphatic carbocycles. The summed E-state index contributed by atoms with van der Waals surface area (Å²) in [5, 5.41) is 0. The van der Waals surface area contributed by atoms with Gasteiger partial charge in [0.25, 0.3) is 7.82 Å². The predicted molar refractivity (Wildman–Crippen MR) is 213 cm³/mol. The van der Waals surface area contributed by atoms with E-state index in [0.717, 1.165) is 38.5 Å². The van der Waals surface area contributed by atoms with Crippen LogP contribution in [-0.2, 0) is 27.9 Å². The maximum Gasteiger partial charge on any atom is 0.305 e. The Labute approximate surface area is 315 Å². The summed E-state index contributed by atoms with van der Waals surface area (Å²) in [4.78, 5) is 24.8. The van der Waals surface area contributed by atoms with E-state index in [1.807, 2.05) is 27.2 Å². The van der Waals surface area contributed by atoms with Crippen LogP contribution in [0.5, 0.6) is 0 Å². The van der Waals surface area contributed by atoms with Gasteiger partial charge in [-0.3, -0.25) is 9.36 Å². The van der Waals surface area contributed by atoms with Gasteiger partial charge in [0, 0.05) is 6.42 Å². The minimum absolute atomic E-state index is 0.0275. The summed E-state index contributed by atoms with van der Waals surface area (Å²) in [6, 6.07) is 0. The van der Waals surface area contributed by atoms with Crippen LogP contribution < -0.4 is 4.89 Å². The van der Waals surface area contributed by atoms with Crippen molar-refractivity contribution in [2.45, 2.75) is 193 Å². The lowest BCUT2D eigenvalue weighted by Gasteiger charge is -2.28. The molecule has 0 amide bonds. The first-order valence-electron chi connectivity index (χ1n) is 21.1. The van der Waals surface area contributed by atoms with E-state index in [4.69, 9.17) is 18.5 Å². The molecule has 0 N–H and O–H groups in total. The van der Waals surface area contributed by atoms with Gasteiger partial charge < -0.3 is 27.9 Å². The first kappa shape index (κ1) is 49.8. The highest BCUT2D eigenvalue weighted by atomic mass is 31.2. The van der Waals surface area contributed by atoms with Gasteiger partial charge in [-0.15, -0.1) is 0 Å². The Hall–Kier alpha value is -1.18. The van der Waals surface area contributed by atoms with Gasteiger partial charge in [-0.25, -0.2) is 0 Å². The Morgan fingerprint density at radius 3 is 1.53 bits per heavy atom. The third-order valence-corrected chi connectivity index (χ3v) is 10.1. The number of carbonyl (C=O) groups is 1. The molecule has 0 spiro atoms. The first-order valence-corrected chi connectivity index (χ1v) is 22.6. The number of hydrogen-bond acceptors (Lipinski definition) is 7. The molecule has 9 heteroatoms. The number of hydrogen-bond donors (Lipinski definition) is 0. The maximum absolute atomic E-state index is 12.4. The van der Waals surface area contributed by atoms with Crippen LogP contribution in [0.3, 0.4) is 0 Å². The number of nitrogens with zero attached hydrogens (tertiary/aromatic N) is 1. The van der Waals surface area contributed by atoms with Gasteiger partial charge in [-0.2, -0.15) is 0 Å². The summed E-state index contributed by atoms with van der Waals surface area (Å²) < 4.78 is 34.3. The van der Waals surface area contributed by atoms with Crippen LogP contribution in [0.2, 0.25) is 0 Å². The molecule has 0 heterocycles. The Kier molecular flexibility index (Phi) is 35.0. The fourth-order valence-electron chi connectivity index (χ4n) is 5.70. The van der Waals surface area contributed by atoms with Crippen LogP contribution in [0.4, 0.5) is 0 Å². The third-order valence-electron chi connectivity index (χ3n) is 9.09. The summed E-state index contributed by atoms with van der Waals surface area (Å²) >= 11 is 0. The number of quaternary nitrogens is 1. The van der Waals surface area contributed by atoms with Gasteiger partial charge in [0.15, 0.2) is 6.10 Å². The van der Waals surface area contributed by atoms with Crippen LogP contribution in [0, 0.1) is 0 Å². The molecular weight excluding hydrogens is 661 g/mol. The average molecular weight is 744 g/mol. The van der Waals surface area contributed by atoms with E-state index in [1.54, 1.807) is 6.26 Å². The summed E-state index contributed by atoms with van der Waals surface area (Å²) in [5.41, 5.74) is 0. The molecule has 2 unspecified atom stereocenters. The van der Waals surface area contributed by atoms with Crippen molar-refractivity contribution in [1.29, 1.82) is 0 Å². The molecule has 0 aliphatic heterocycles. The molecule has 8 nitrogen and oxygen atoms in total. The molecular formula is C42H82NO7P. The number of phosphoric ester groups is 1. The molecule has 51 heavy (non-hydrogen) atoms. The third kappa shape index (κ3) is 39.9. The van der Waals surface area contributed by atoms with Gasteiger partial charge in [-0.05, 0) is 51.0 Å². The zero-order valence-corrected chi connectivity index (χ0v) is 35.0. The lowest BCUT2D eigenvalue weighted by Crippen LogP contribution is -2.37. The molecule has 0 saturated carbocycles. The highest BCUT2D eigenvalue weighted by molar-refractivity contribution is 7.45.